The minimum absolute atomic E-state index is 0.0689. The van der Waals surface area contributed by atoms with Crippen molar-refractivity contribution < 1.29 is 9.90 Å². The van der Waals surface area contributed by atoms with Gasteiger partial charge in [-0.05, 0) is 43.7 Å². The number of benzene rings is 2. The number of anilines is 1. The van der Waals surface area contributed by atoms with Crippen LogP contribution in [0.3, 0.4) is 0 Å². The lowest BCUT2D eigenvalue weighted by atomic mass is 10.0. The molecule has 0 spiro atoms. The van der Waals surface area contributed by atoms with E-state index in [2.05, 4.69) is 47.9 Å². The third kappa shape index (κ3) is 5.69. The number of hydrogen-bond donors (Lipinski definition) is 1. The Balaban J connectivity index is 1.29. The van der Waals surface area contributed by atoms with Crippen LogP contribution in [0.5, 0.6) is 0 Å². The minimum atomic E-state index is -0.536. The normalized spacial score (nSPS) is 19.1. The van der Waals surface area contributed by atoms with Gasteiger partial charge in [-0.15, -0.1) is 0 Å². The van der Waals surface area contributed by atoms with Gasteiger partial charge in [0.15, 0.2) is 0 Å². The number of aliphatic hydroxyl groups is 1. The number of carbonyl (C=O) groups is 1. The van der Waals surface area contributed by atoms with Gasteiger partial charge in [-0.25, -0.2) is 0 Å². The molecular weight excluding hydrogens is 486 g/mol. The number of fused-ring (bicyclic) bond motifs is 1. The summed E-state index contributed by atoms with van der Waals surface area (Å²) in [6, 6.07) is 16.7. The molecule has 0 radical (unpaired) electrons. The number of piperazine rings is 1. The van der Waals surface area contributed by atoms with Crippen LogP contribution >= 0.6 is 11.6 Å². The van der Waals surface area contributed by atoms with Gasteiger partial charge in [-0.2, -0.15) is 5.10 Å². The molecular formula is C29H36ClN5O2. The van der Waals surface area contributed by atoms with Gasteiger partial charge in [0.05, 0.1) is 18.3 Å². The third-order valence-corrected chi connectivity index (χ3v) is 7.85. The lowest BCUT2D eigenvalue weighted by molar-refractivity contribution is -0.129. The monoisotopic (exact) mass is 521 g/mol. The molecule has 0 saturated carbocycles. The largest absolute Gasteiger partial charge is 0.390 e. The maximum atomic E-state index is 12.1. The lowest BCUT2D eigenvalue weighted by Gasteiger charge is -2.42. The number of aryl methyl sites for hydroxylation is 1. The summed E-state index contributed by atoms with van der Waals surface area (Å²) in [5, 5.41) is 16.7. The van der Waals surface area contributed by atoms with Gasteiger partial charge in [0.1, 0.15) is 0 Å². The van der Waals surface area contributed by atoms with Crippen molar-refractivity contribution >= 4 is 23.2 Å². The first-order valence-corrected chi connectivity index (χ1v) is 13.5. The van der Waals surface area contributed by atoms with Crippen molar-refractivity contribution in [3.05, 3.63) is 70.4 Å². The van der Waals surface area contributed by atoms with E-state index in [9.17, 15) is 9.90 Å². The molecule has 2 aromatic carbocycles. The van der Waals surface area contributed by atoms with Crippen LogP contribution in [0, 0.1) is 6.92 Å². The number of aromatic nitrogens is 2. The highest BCUT2D eigenvalue weighted by Crippen LogP contribution is 2.31. The SMILES string of the molecule is CC(=O)N1CCc2c(c(-c3ccc(Cl)cc3)nn2CC(O)CN2CCN(c3cccc(C)c3)C(C)C2)C1. The molecule has 2 aliphatic heterocycles. The van der Waals surface area contributed by atoms with Gasteiger partial charge in [-0.3, -0.25) is 14.4 Å². The molecule has 5 rings (SSSR count). The van der Waals surface area contributed by atoms with Crippen LogP contribution in [0.2, 0.25) is 5.02 Å². The summed E-state index contributed by atoms with van der Waals surface area (Å²) in [5.41, 5.74) is 6.56. The second-order valence-corrected chi connectivity index (χ2v) is 10.9. The average molecular weight is 522 g/mol. The van der Waals surface area contributed by atoms with Crippen molar-refractivity contribution in [3.63, 3.8) is 0 Å². The van der Waals surface area contributed by atoms with Crippen molar-refractivity contribution in [2.24, 2.45) is 0 Å². The van der Waals surface area contributed by atoms with Crippen LogP contribution < -0.4 is 4.90 Å². The second-order valence-electron chi connectivity index (χ2n) is 10.4. The Bertz CT molecular complexity index is 1260. The van der Waals surface area contributed by atoms with Gasteiger partial charge >= 0.3 is 0 Å². The van der Waals surface area contributed by atoms with Crippen molar-refractivity contribution in [2.45, 2.75) is 52.4 Å². The molecule has 1 amide bonds. The van der Waals surface area contributed by atoms with Crippen molar-refractivity contribution in [3.8, 4) is 11.3 Å². The van der Waals surface area contributed by atoms with E-state index in [4.69, 9.17) is 16.7 Å². The fraction of sp³-hybridized carbons (Fsp3) is 0.448. The first-order chi connectivity index (χ1) is 17.8. The third-order valence-electron chi connectivity index (χ3n) is 7.59. The molecule has 2 aliphatic rings. The second kappa shape index (κ2) is 10.9. The summed E-state index contributed by atoms with van der Waals surface area (Å²) in [4.78, 5) is 18.8. The molecule has 2 unspecified atom stereocenters. The molecule has 1 N–H and O–H groups in total. The maximum absolute atomic E-state index is 12.1. The average Bonchev–Trinajstić information content (AvgIpc) is 3.22. The molecule has 8 heteroatoms. The molecule has 2 atom stereocenters. The summed E-state index contributed by atoms with van der Waals surface area (Å²) in [5.74, 6) is 0.0689. The van der Waals surface area contributed by atoms with E-state index in [-0.39, 0.29) is 5.91 Å². The molecule has 0 aliphatic carbocycles. The molecule has 1 aromatic heterocycles. The molecule has 1 saturated heterocycles. The first-order valence-electron chi connectivity index (χ1n) is 13.1. The standard InChI is InChI=1S/C29H36ClN5O2/c1-20-5-4-6-25(15-20)34-14-13-32(16-21(34)2)17-26(37)18-35-28-11-12-33(22(3)36)19-27(28)29(31-35)23-7-9-24(30)10-8-23/h4-10,15,21,26,37H,11-14,16-19H2,1-3H3. The number of halogens is 1. The Labute approximate surface area is 224 Å². The topological polar surface area (TPSA) is 64.8 Å². The smallest absolute Gasteiger partial charge is 0.219 e. The van der Waals surface area contributed by atoms with Crippen molar-refractivity contribution in [2.75, 3.05) is 37.6 Å². The van der Waals surface area contributed by atoms with Crippen LogP contribution in [-0.4, -0.2) is 75.5 Å². The van der Waals surface area contributed by atoms with Crippen molar-refractivity contribution in [1.29, 1.82) is 0 Å². The number of rotatable bonds is 6. The summed E-state index contributed by atoms with van der Waals surface area (Å²) >= 11 is 6.12. The molecule has 3 aromatic rings. The molecule has 0 bridgehead atoms. The van der Waals surface area contributed by atoms with E-state index in [1.54, 1.807) is 6.92 Å². The van der Waals surface area contributed by atoms with E-state index in [0.717, 1.165) is 48.6 Å². The highest BCUT2D eigenvalue weighted by molar-refractivity contribution is 6.30. The number of carbonyl (C=O) groups excluding carboxylic acids is 1. The Morgan fingerprint density at radius 3 is 2.62 bits per heavy atom. The quantitative estimate of drug-likeness (QED) is 0.531. The van der Waals surface area contributed by atoms with Crippen LogP contribution in [0.1, 0.15) is 30.7 Å². The van der Waals surface area contributed by atoms with E-state index in [0.29, 0.717) is 37.2 Å². The predicted molar refractivity (Wildman–Crippen MR) is 148 cm³/mol. The van der Waals surface area contributed by atoms with E-state index >= 15 is 0 Å². The van der Waals surface area contributed by atoms with Gasteiger partial charge in [-0.1, -0.05) is 35.9 Å². The van der Waals surface area contributed by atoms with Crippen LogP contribution in [0.15, 0.2) is 48.5 Å². The van der Waals surface area contributed by atoms with Gasteiger partial charge in [0, 0.05) is 86.2 Å². The van der Waals surface area contributed by atoms with E-state index < -0.39 is 6.10 Å². The zero-order valence-electron chi connectivity index (χ0n) is 21.9. The number of amides is 1. The van der Waals surface area contributed by atoms with Crippen LogP contribution in [0.4, 0.5) is 5.69 Å². The van der Waals surface area contributed by atoms with Crippen molar-refractivity contribution in [1.82, 2.24) is 19.6 Å². The summed E-state index contributed by atoms with van der Waals surface area (Å²) < 4.78 is 1.97. The van der Waals surface area contributed by atoms with Crippen LogP contribution in [-0.2, 0) is 24.3 Å². The fourth-order valence-corrected chi connectivity index (χ4v) is 5.82. The minimum Gasteiger partial charge on any atom is -0.390 e. The Morgan fingerprint density at radius 2 is 1.92 bits per heavy atom. The Hall–Kier alpha value is -2.87. The summed E-state index contributed by atoms with van der Waals surface area (Å²) in [6.45, 7) is 11.0. The molecule has 196 valence electrons. The lowest BCUT2D eigenvalue weighted by Crippen LogP contribution is -2.53. The molecule has 7 nitrogen and oxygen atoms in total. The highest BCUT2D eigenvalue weighted by Gasteiger charge is 2.29. The van der Waals surface area contributed by atoms with E-state index in [1.165, 1.54) is 11.3 Å². The molecule has 1 fully saturated rings. The van der Waals surface area contributed by atoms with Gasteiger partial charge < -0.3 is 14.9 Å². The van der Waals surface area contributed by atoms with Gasteiger partial charge in [0.2, 0.25) is 5.91 Å². The number of β-amino-alcohol motifs (C(OH)–C–C–N with tert-alkyl or cyclic N) is 1. The number of nitrogens with zero attached hydrogens (tertiary/aromatic N) is 5. The predicted octanol–water partition coefficient (Wildman–Crippen LogP) is 3.99. The van der Waals surface area contributed by atoms with Gasteiger partial charge in [0.25, 0.3) is 0 Å². The number of hydrogen-bond acceptors (Lipinski definition) is 5. The molecule has 37 heavy (non-hydrogen) atoms. The summed E-state index contributed by atoms with van der Waals surface area (Å²) in [6.07, 6.45) is 0.194. The maximum Gasteiger partial charge on any atom is 0.219 e. The summed E-state index contributed by atoms with van der Waals surface area (Å²) in [7, 11) is 0. The highest BCUT2D eigenvalue weighted by atomic mass is 35.5. The first kappa shape index (κ1) is 25.8. The van der Waals surface area contributed by atoms with Crippen LogP contribution in [0.25, 0.3) is 11.3 Å². The Morgan fingerprint density at radius 1 is 1.14 bits per heavy atom. The van der Waals surface area contributed by atoms with E-state index in [1.807, 2.05) is 33.8 Å². The zero-order valence-corrected chi connectivity index (χ0v) is 22.7. The molecule has 3 heterocycles. The fourth-order valence-electron chi connectivity index (χ4n) is 5.69. The number of aliphatic hydroxyl groups excluding tert-OH is 1. The zero-order chi connectivity index (χ0) is 26.1. The Kier molecular flexibility index (Phi) is 7.56.